The first-order chi connectivity index (χ1) is 9.81. The minimum atomic E-state index is 0.108. The molecular weight excluding hydrogens is 246 g/mol. The van der Waals surface area contributed by atoms with Crippen molar-refractivity contribution in [3.05, 3.63) is 83.9 Å². The van der Waals surface area contributed by atoms with Crippen molar-refractivity contribution >= 4 is 5.91 Å². The number of rotatable bonds is 4. The number of carbonyl (C=O) groups is 1. The van der Waals surface area contributed by atoms with Crippen molar-refractivity contribution in [2.45, 2.75) is 19.0 Å². The van der Waals surface area contributed by atoms with E-state index in [2.05, 4.69) is 18.7 Å². The molecule has 2 aromatic rings. The lowest BCUT2D eigenvalue weighted by Gasteiger charge is -2.24. The number of amides is 1. The minimum absolute atomic E-state index is 0.108. The third-order valence-corrected chi connectivity index (χ3v) is 3.77. The number of benzene rings is 2. The van der Waals surface area contributed by atoms with Gasteiger partial charge < -0.3 is 4.90 Å². The van der Waals surface area contributed by atoms with Gasteiger partial charge in [0, 0.05) is 12.1 Å². The number of hydrogen-bond donors (Lipinski definition) is 0. The van der Waals surface area contributed by atoms with Gasteiger partial charge in [0.05, 0.1) is 6.04 Å². The number of fused-ring (bicyclic) bond motifs is 1. The zero-order valence-corrected chi connectivity index (χ0v) is 11.3. The highest BCUT2D eigenvalue weighted by Gasteiger charge is 2.35. The van der Waals surface area contributed by atoms with E-state index in [1.54, 1.807) is 0 Å². The van der Waals surface area contributed by atoms with Gasteiger partial charge in [0.1, 0.15) is 0 Å². The highest BCUT2D eigenvalue weighted by atomic mass is 16.2. The van der Waals surface area contributed by atoms with Gasteiger partial charge in [-0.1, -0.05) is 54.6 Å². The Morgan fingerprint density at radius 3 is 2.50 bits per heavy atom. The van der Waals surface area contributed by atoms with E-state index in [9.17, 15) is 4.79 Å². The highest BCUT2D eigenvalue weighted by molar-refractivity contribution is 5.99. The fourth-order valence-electron chi connectivity index (χ4n) is 2.82. The molecule has 0 spiro atoms. The maximum Gasteiger partial charge on any atom is 0.255 e. The van der Waals surface area contributed by atoms with Gasteiger partial charge in [-0.2, -0.15) is 0 Å². The maximum atomic E-state index is 12.6. The Bertz CT molecular complexity index is 633. The van der Waals surface area contributed by atoms with Gasteiger partial charge in [-0.25, -0.2) is 0 Å². The fourth-order valence-corrected chi connectivity index (χ4v) is 2.82. The predicted octanol–water partition coefficient (Wildman–Crippen LogP) is 3.96. The summed E-state index contributed by atoms with van der Waals surface area (Å²) in [5, 5.41) is 0. The Morgan fingerprint density at radius 1 is 1.05 bits per heavy atom. The van der Waals surface area contributed by atoms with Gasteiger partial charge in [0.15, 0.2) is 0 Å². The molecule has 100 valence electrons. The monoisotopic (exact) mass is 263 g/mol. The third kappa shape index (κ3) is 2.14. The maximum absolute atomic E-state index is 12.6. The molecule has 0 N–H and O–H groups in total. The average molecular weight is 263 g/mol. The Labute approximate surface area is 119 Å². The van der Waals surface area contributed by atoms with Crippen LogP contribution in [0.5, 0.6) is 0 Å². The molecule has 1 unspecified atom stereocenters. The first kappa shape index (κ1) is 12.7. The van der Waals surface area contributed by atoms with Crippen LogP contribution in [0.2, 0.25) is 0 Å². The van der Waals surface area contributed by atoms with Crippen LogP contribution in [-0.2, 0) is 6.54 Å². The Balaban J connectivity index is 1.94. The molecule has 1 aliphatic rings. The van der Waals surface area contributed by atoms with Gasteiger partial charge in [-0.15, -0.1) is 6.58 Å². The van der Waals surface area contributed by atoms with Gasteiger partial charge in [-0.3, -0.25) is 4.79 Å². The first-order valence-corrected chi connectivity index (χ1v) is 6.86. The zero-order chi connectivity index (χ0) is 13.9. The third-order valence-electron chi connectivity index (χ3n) is 3.77. The number of hydrogen-bond acceptors (Lipinski definition) is 1. The molecule has 1 amide bonds. The molecule has 0 fully saturated rings. The summed E-state index contributed by atoms with van der Waals surface area (Å²) in [4.78, 5) is 14.5. The van der Waals surface area contributed by atoms with E-state index in [1.165, 1.54) is 0 Å². The van der Waals surface area contributed by atoms with Crippen LogP contribution in [0, 0.1) is 0 Å². The topological polar surface area (TPSA) is 20.3 Å². The second-order valence-electron chi connectivity index (χ2n) is 5.05. The molecule has 0 saturated heterocycles. The van der Waals surface area contributed by atoms with Gasteiger partial charge >= 0.3 is 0 Å². The number of nitrogens with zero attached hydrogens (tertiary/aromatic N) is 1. The average Bonchev–Trinajstić information content (AvgIpc) is 2.75. The summed E-state index contributed by atoms with van der Waals surface area (Å²) < 4.78 is 0. The van der Waals surface area contributed by atoms with Gasteiger partial charge in [-0.05, 0) is 23.6 Å². The molecule has 3 rings (SSSR count). The smallest absolute Gasteiger partial charge is 0.255 e. The van der Waals surface area contributed by atoms with Crippen molar-refractivity contribution in [2.24, 2.45) is 0 Å². The molecule has 1 aliphatic heterocycles. The summed E-state index contributed by atoms with van der Waals surface area (Å²) in [6.07, 6.45) is 2.67. The van der Waals surface area contributed by atoms with Crippen LogP contribution in [0.15, 0.2) is 67.3 Å². The van der Waals surface area contributed by atoms with Crippen LogP contribution in [0.1, 0.15) is 33.9 Å². The molecule has 1 heterocycles. The van der Waals surface area contributed by atoms with Crippen LogP contribution < -0.4 is 0 Å². The van der Waals surface area contributed by atoms with Crippen LogP contribution in [0.4, 0.5) is 0 Å². The summed E-state index contributed by atoms with van der Waals surface area (Å²) in [5.41, 5.74) is 3.10. The van der Waals surface area contributed by atoms with Gasteiger partial charge in [0.2, 0.25) is 0 Å². The lowest BCUT2D eigenvalue weighted by atomic mass is 10.0. The lowest BCUT2D eigenvalue weighted by molar-refractivity contribution is 0.0711. The molecule has 20 heavy (non-hydrogen) atoms. The summed E-state index contributed by atoms with van der Waals surface area (Å²) >= 11 is 0. The quantitative estimate of drug-likeness (QED) is 0.765. The van der Waals surface area contributed by atoms with Crippen LogP contribution in [-0.4, -0.2) is 10.8 Å². The first-order valence-electron chi connectivity index (χ1n) is 6.86. The van der Waals surface area contributed by atoms with Crippen LogP contribution in [0.3, 0.4) is 0 Å². The van der Waals surface area contributed by atoms with Crippen molar-refractivity contribution in [3.63, 3.8) is 0 Å². The zero-order valence-electron chi connectivity index (χ0n) is 11.3. The van der Waals surface area contributed by atoms with E-state index in [-0.39, 0.29) is 11.9 Å². The summed E-state index contributed by atoms with van der Waals surface area (Å²) in [6.45, 7) is 4.47. The van der Waals surface area contributed by atoms with Gasteiger partial charge in [0.25, 0.3) is 5.91 Å². The standard InChI is InChI=1S/C18H17NO/c1-2-8-17-15-11-6-7-12-16(15)18(20)19(17)13-14-9-4-3-5-10-14/h2-7,9-12,17H,1,8,13H2. The molecule has 2 nitrogen and oxygen atoms in total. The normalized spacial score (nSPS) is 17.1. The van der Waals surface area contributed by atoms with Crippen LogP contribution in [0.25, 0.3) is 0 Å². The minimum Gasteiger partial charge on any atom is -0.327 e. The van der Waals surface area contributed by atoms with E-state index >= 15 is 0 Å². The molecule has 2 heteroatoms. The highest BCUT2D eigenvalue weighted by Crippen LogP contribution is 2.36. The molecule has 0 aromatic heterocycles. The molecule has 0 aliphatic carbocycles. The molecular formula is C18H17NO. The molecule has 1 atom stereocenters. The Kier molecular flexibility index (Phi) is 3.38. The van der Waals surface area contributed by atoms with E-state index in [1.807, 2.05) is 53.4 Å². The molecule has 0 saturated carbocycles. The second kappa shape index (κ2) is 5.33. The fraction of sp³-hybridized carbons (Fsp3) is 0.167. The van der Waals surface area contributed by atoms with Crippen LogP contribution >= 0.6 is 0 Å². The summed E-state index contributed by atoms with van der Waals surface area (Å²) in [6, 6.07) is 18.1. The molecule has 2 aromatic carbocycles. The van der Waals surface area contributed by atoms with E-state index < -0.39 is 0 Å². The van der Waals surface area contributed by atoms with Crippen molar-refractivity contribution in [2.75, 3.05) is 0 Å². The predicted molar refractivity (Wildman–Crippen MR) is 80.3 cm³/mol. The Morgan fingerprint density at radius 2 is 1.75 bits per heavy atom. The largest absolute Gasteiger partial charge is 0.327 e. The van der Waals surface area contributed by atoms with Crippen molar-refractivity contribution in [3.8, 4) is 0 Å². The molecule has 0 bridgehead atoms. The van der Waals surface area contributed by atoms with Crippen molar-refractivity contribution in [1.29, 1.82) is 0 Å². The SMILES string of the molecule is C=CCC1c2ccccc2C(=O)N1Cc1ccccc1. The number of carbonyl (C=O) groups excluding carboxylic acids is 1. The van der Waals surface area contributed by atoms with Crippen molar-refractivity contribution < 1.29 is 4.79 Å². The van der Waals surface area contributed by atoms with E-state index in [4.69, 9.17) is 0 Å². The Hall–Kier alpha value is -2.35. The second-order valence-corrected chi connectivity index (χ2v) is 5.05. The lowest BCUT2D eigenvalue weighted by Crippen LogP contribution is -2.27. The summed E-state index contributed by atoms with van der Waals surface area (Å²) in [5.74, 6) is 0.122. The van der Waals surface area contributed by atoms with E-state index in [0.29, 0.717) is 6.54 Å². The summed E-state index contributed by atoms with van der Waals surface area (Å²) in [7, 11) is 0. The van der Waals surface area contributed by atoms with E-state index in [0.717, 1.165) is 23.1 Å². The molecule has 0 radical (unpaired) electrons. The van der Waals surface area contributed by atoms with Crippen molar-refractivity contribution in [1.82, 2.24) is 4.90 Å².